The van der Waals surface area contributed by atoms with Crippen molar-refractivity contribution in [2.75, 3.05) is 19.8 Å². The molecule has 0 bridgehead atoms. The SMILES string of the molecule is CCC(CN)NC(=O)C1=COCCO1. The van der Waals surface area contributed by atoms with Gasteiger partial charge in [-0.15, -0.1) is 0 Å². The Morgan fingerprint density at radius 1 is 1.71 bits per heavy atom. The van der Waals surface area contributed by atoms with E-state index in [9.17, 15) is 4.79 Å². The fourth-order valence-electron chi connectivity index (χ4n) is 1.07. The van der Waals surface area contributed by atoms with E-state index in [1.54, 1.807) is 0 Å². The maximum Gasteiger partial charge on any atom is 0.289 e. The molecule has 14 heavy (non-hydrogen) atoms. The van der Waals surface area contributed by atoms with Crippen LogP contribution in [0.3, 0.4) is 0 Å². The standard InChI is InChI=1S/C9H16N2O3/c1-2-7(5-10)11-9(12)8-6-13-3-4-14-8/h6-7H,2-5,10H2,1H3,(H,11,12). The van der Waals surface area contributed by atoms with E-state index in [0.29, 0.717) is 19.8 Å². The predicted molar refractivity (Wildman–Crippen MR) is 51.3 cm³/mol. The minimum Gasteiger partial charge on any atom is -0.494 e. The van der Waals surface area contributed by atoms with Crippen molar-refractivity contribution in [3.63, 3.8) is 0 Å². The first-order valence-electron chi connectivity index (χ1n) is 4.73. The van der Waals surface area contributed by atoms with Gasteiger partial charge in [-0.25, -0.2) is 0 Å². The summed E-state index contributed by atoms with van der Waals surface area (Å²) in [4.78, 5) is 11.5. The fourth-order valence-corrected chi connectivity index (χ4v) is 1.07. The van der Waals surface area contributed by atoms with Crippen LogP contribution in [0.4, 0.5) is 0 Å². The first-order chi connectivity index (χ1) is 6.77. The summed E-state index contributed by atoms with van der Waals surface area (Å²) in [5, 5.41) is 2.75. The molecule has 0 aromatic heterocycles. The summed E-state index contributed by atoms with van der Waals surface area (Å²) in [5.74, 6) is -0.0369. The quantitative estimate of drug-likeness (QED) is 0.655. The summed E-state index contributed by atoms with van der Waals surface area (Å²) in [6, 6.07) is -0.00562. The molecule has 1 amide bonds. The van der Waals surface area contributed by atoms with Crippen LogP contribution in [-0.2, 0) is 14.3 Å². The lowest BCUT2D eigenvalue weighted by Gasteiger charge is -2.18. The molecule has 0 spiro atoms. The Morgan fingerprint density at radius 3 is 3.00 bits per heavy atom. The normalized spacial score (nSPS) is 17.4. The summed E-state index contributed by atoms with van der Waals surface area (Å²) >= 11 is 0. The molecule has 1 heterocycles. The third-order valence-corrected chi connectivity index (χ3v) is 1.99. The van der Waals surface area contributed by atoms with Gasteiger partial charge in [-0.2, -0.15) is 0 Å². The zero-order valence-corrected chi connectivity index (χ0v) is 8.29. The fraction of sp³-hybridized carbons (Fsp3) is 0.667. The smallest absolute Gasteiger partial charge is 0.289 e. The van der Waals surface area contributed by atoms with E-state index in [2.05, 4.69) is 5.32 Å². The molecule has 0 aliphatic carbocycles. The van der Waals surface area contributed by atoms with Crippen LogP contribution >= 0.6 is 0 Å². The molecule has 0 fully saturated rings. The molecule has 5 heteroatoms. The van der Waals surface area contributed by atoms with Gasteiger partial charge in [0.2, 0.25) is 5.76 Å². The summed E-state index contributed by atoms with van der Waals surface area (Å²) < 4.78 is 10.1. The van der Waals surface area contributed by atoms with Crippen LogP contribution in [0.1, 0.15) is 13.3 Å². The second-order valence-electron chi connectivity index (χ2n) is 3.02. The average Bonchev–Trinajstić information content (AvgIpc) is 2.26. The summed E-state index contributed by atoms with van der Waals surface area (Å²) in [5.41, 5.74) is 5.45. The van der Waals surface area contributed by atoms with Crippen LogP contribution < -0.4 is 11.1 Å². The lowest BCUT2D eigenvalue weighted by molar-refractivity contribution is -0.122. The van der Waals surface area contributed by atoms with Crippen molar-refractivity contribution in [2.45, 2.75) is 19.4 Å². The van der Waals surface area contributed by atoms with Crippen LogP contribution in [0.25, 0.3) is 0 Å². The van der Waals surface area contributed by atoms with Crippen molar-refractivity contribution >= 4 is 5.91 Å². The lowest BCUT2D eigenvalue weighted by atomic mass is 10.2. The molecule has 0 aromatic carbocycles. The third kappa shape index (κ3) is 2.92. The van der Waals surface area contributed by atoms with Gasteiger partial charge in [0, 0.05) is 12.6 Å². The molecule has 0 saturated carbocycles. The predicted octanol–water partition coefficient (Wildman–Crippen LogP) is -0.272. The van der Waals surface area contributed by atoms with Gasteiger partial charge in [0.05, 0.1) is 0 Å². The minimum atomic E-state index is -0.262. The maximum atomic E-state index is 11.5. The van der Waals surface area contributed by atoms with Gasteiger partial charge in [-0.1, -0.05) is 6.92 Å². The molecular formula is C9H16N2O3. The molecule has 0 saturated heterocycles. The zero-order chi connectivity index (χ0) is 10.4. The van der Waals surface area contributed by atoms with Crippen molar-refractivity contribution in [1.29, 1.82) is 0 Å². The Labute approximate surface area is 83.2 Å². The Bertz CT molecular complexity index is 224. The van der Waals surface area contributed by atoms with Crippen molar-refractivity contribution < 1.29 is 14.3 Å². The van der Waals surface area contributed by atoms with Crippen LogP contribution in [0.2, 0.25) is 0 Å². The monoisotopic (exact) mass is 200 g/mol. The number of nitrogens with one attached hydrogen (secondary N) is 1. The minimum absolute atomic E-state index is 0.00562. The van der Waals surface area contributed by atoms with Crippen molar-refractivity contribution in [3.8, 4) is 0 Å². The van der Waals surface area contributed by atoms with Crippen LogP contribution in [0, 0.1) is 0 Å². The first kappa shape index (κ1) is 10.8. The Morgan fingerprint density at radius 2 is 2.50 bits per heavy atom. The molecule has 5 nitrogen and oxygen atoms in total. The largest absolute Gasteiger partial charge is 0.494 e. The highest BCUT2D eigenvalue weighted by Gasteiger charge is 2.17. The van der Waals surface area contributed by atoms with Gasteiger partial charge in [0.25, 0.3) is 5.91 Å². The van der Waals surface area contributed by atoms with Gasteiger partial charge in [-0.3, -0.25) is 4.79 Å². The molecule has 0 radical (unpaired) electrons. The van der Waals surface area contributed by atoms with E-state index in [1.165, 1.54) is 6.26 Å². The molecule has 3 N–H and O–H groups in total. The summed E-state index contributed by atoms with van der Waals surface area (Å²) in [6.07, 6.45) is 2.14. The number of nitrogens with two attached hydrogens (primary N) is 1. The number of ether oxygens (including phenoxy) is 2. The second-order valence-corrected chi connectivity index (χ2v) is 3.02. The van der Waals surface area contributed by atoms with Gasteiger partial charge in [-0.05, 0) is 6.42 Å². The maximum absolute atomic E-state index is 11.5. The van der Waals surface area contributed by atoms with Crippen LogP contribution in [-0.4, -0.2) is 31.7 Å². The number of hydrogen-bond acceptors (Lipinski definition) is 4. The van der Waals surface area contributed by atoms with Gasteiger partial charge < -0.3 is 20.5 Å². The second kappa shape index (κ2) is 5.49. The van der Waals surface area contributed by atoms with Gasteiger partial charge in [0.1, 0.15) is 19.5 Å². The van der Waals surface area contributed by atoms with E-state index in [0.717, 1.165) is 6.42 Å². The third-order valence-electron chi connectivity index (χ3n) is 1.99. The zero-order valence-electron chi connectivity index (χ0n) is 8.29. The van der Waals surface area contributed by atoms with Crippen molar-refractivity contribution in [1.82, 2.24) is 5.32 Å². The van der Waals surface area contributed by atoms with E-state index in [-0.39, 0.29) is 17.7 Å². The van der Waals surface area contributed by atoms with Crippen LogP contribution in [0.5, 0.6) is 0 Å². The Kier molecular flexibility index (Phi) is 4.25. The molecule has 1 unspecified atom stereocenters. The molecule has 1 rings (SSSR count). The van der Waals surface area contributed by atoms with E-state index >= 15 is 0 Å². The van der Waals surface area contributed by atoms with Gasteiger partial charge in [0.15, 0.2) is 0 Å². The molecule has 1 aliphatic heterocycles. The number of hydrogen-bond donors (Lipinski definition) is 2. The number of rotatable bonds is 4. The van der Waals surface area contributed by atoms with E-state index in [4.69, 9.17) is 15.2 Å². The number of carbonyl (C=O) groups excluding carboxylic acids is 1. The Hall–Kier alpha value is -1.23. The van der Waals surface area contributed by atoms with Crippen molar-refractivity contribution in [3.05, 3.63) is 12.0 Å². The summed E-state index contributed by atoms with van der Waals surface area (Å²) in [7, 11) is 0. The van der Waals surface area contributed by atoms with E-state index in [1.807, 2.05) is 6.92 Å². The topological polar surface area (TPSA) is 73.6 Å². The van der Waals surface area contributed by atoms with Crippen LogP contribution in [0.15, 0.2) is 12.0 Å². The lowest BCUT2D eigenvalue weighted by Crippen LogP contribution is -2.41. The molecule has 1 aliphatic rings. The summed E-state index contributed by atoms with van der Waals surface area (Å²) in [6.45, 7) is 3.30. The van der Waals surface area contributed by atoms with Crippen molar-refractivity contribution in [2.24, 2.45) is 5.73 Å². The van der Waals surface area contributed by atoms with E-state index < -0.39 is 0 Å². The number of carbonyl (C=O) groups is 1. The first-order valence-corrected chi connectivity index (χ1v) is 4.73. The van der Waals surface area contributed by atoms with Gasteiger partial charge >= 0.3 is 0 Å². The Balaban J connectivity index is 2.44. The highest BCUT2D eigenvalue weighted by Crippen LogP contribution is 2.04. The molecule has 1 atom stereocenters. The molecular weight excluding hydrogens is 184 g/mol. The highest BCUT2D eigenvalue weighted by molar-refractivity contribution is 5.91. The highest BCUT2D eigenvalue weighted by atomic mass is 16.6. The number of amides is 1. The molecule has 80 valence electrons. The average molecular weight is 200 g/mol. The molecule has 0 aromatic rings.